The molecule has 0 saturated carbocycles. The van der Waals surface area contributed by atoms with Crippen LogP contribution < -0.4 is 5.32 Å². The molecule has 19 heavy (non-hydrogen) atoms. The lowest BCUT2D eigenvalue weighted by molar-refractivity contribution is 0.0905. The van der Waals surface area contributed by atoms with Gasteiger partial charge < -0.3 is 10.1 Å². The zero-order valence-corrected chi connectivity index (χ0v) is 11.6. The van der Waals surface area contributed by atoms with Crippen LogP contribution in [-0.2, 0) is 4.74 Å². The number of anilines is 1. The van der Waals surface area contributed by atoms with Gasteiger partial charge in [-0.2, -0.15) is 0 Å². The van der Waals surface area contributed by atoms with Crippen LogP contribution in [0.5, 0.6) is 0 Å². The van der Waals surface area contributed by atoms with E-state index in [0.29, 0.717) is 11.0 Å². The van der Waals surface area contributed by atoms with Crippen molar-refractivity contribution < 1.29 is 4.74 Å². The molecule has 0 amide bonds. The summed E-state index contributed by atoms with van der Waals surface area (Å²) in [5.41, 5.74) is 1.06. The van der Waals surface area contributed by atoms with Crippen molar-refractivity contribution in [1.29, 1.82) is 0 Å². The number of benzene rings is 1. The minimum Gasteiger partial charge on any atom is -0.375 e. The molecule has 1 aromatic heterocycles. The number of nitrogens with zero attached hydrogens (tertiary/aromatic N) is 2. The zero-order chi connectivity index (χ0) is 13.7. The number of hydrogen-bond acceptors (Lipinski definition) is 4. The number of methoxy groups -OCH3 is 1. The van der Waals surface area contributed by atoms with Gasteiger partial charge in [0.15, 0.2) is 0 Å². The van der Waals surface area contributed by atoms with Gasteiger partial charge in [0.2, 0.25) is 5.95 Å². The van der Waals surface area contributed by atoms with Gasteiger partial charge >= 0.3 is 0 Å². The largest absolute Gasteiger partial charge is 0.375 e. The molecule has 0 radical (unpaired) electrons. The number of ether oxygens (including phenoxy) is 1. The summed E-state index contributed by atoms with van der Waals surface area (Å²) < 4.78 is 5.55. The summed E-state index contributed by atoms with van der Waals surface area (Å²) >= 11 is 5.89. The molecule has 100 valence electrons. The highest BCUT2D eigenvalue weighted by Gasteiger charge is 2.19. The summed E-state index contributed by atoms with van der Waals surface area (Å²) in [6.07, 6.45) is 3.30. The van der Waals surface area contributed by atoms with E-state index in [-0.39, 0.29) is 12.1 Å². The average Bonchev–Trinajstić information content (AvgIpc) is 2.43. The number of rotatable bonds is 5. The van der Waals surface area contributed by atoms with Gasteiger partial charge in [0.25, 0.3) is 0 Å². The first-order valence-electron chi connectivity index (χ1n) is 6.02. The van der Waals surface area contributed by atoms with Gasteiger partial charge in [0.05, 0.1) is 6.04 Å². The third-order valence-electron chi connectivity index (χ3n) is 2.83. The topological polar surface area (TPSA) is 47.0 Å². The molecule has 0 spiro atoms. The maximum atomic E-state index is 5.89. The Morgan fingerprint density at radius 3 is 2.37 bits per heavy atom. The van der Waals surface area contributed by atoms with E-state index in [9.17, 15) is 0 Å². The van der Waals surface area contributed by atoms with Crippen molar-refractivity contribution in [2.45, 2.75) is 19.1 Å². The summed E-state index contributed by atoms with van der Waals surface area (Å²) in [4.78, 5) is 8.29. The summed E-state index contributed by atoms with van der Waals surface area (Å²) in [6, 6.07) is 9.45. The van der Waals surface area contributed by atoms with E-state index in [4.69, 9.17) is 16.3 Å². The Labute approximate surface area is 117 Å². The molecule has 1 aromatic carbocycles. The molecule has 0 saturated heterocycles. The van der Waals surface area contributed by atoms with E-state index in [1.165, 1.54) is 0 Å². The SMILES string of the molecule is COC(c1ccc(Cl)cc1)C(C)Nc1ncccn1. The highest BCUT2D eigenvalue weighted by Crippen LogP contribution is 2.23. The molecular weight excluding hydrogens is 262 g/mol. The lowest BCUT2D eigenvalue weighted by atomic mass is 10.0. The number of halogens is 1. The van der Waals surface area contributed by atoms with Gasteiger partial charge in [-0.15, -0.1) is 0 Å². The average molecular weight is 278 g/mol. The smallest absolute Gasteiger partial charge is 0.222 e. The quantitative estimate of drug-likeness (QED) is 0.911. The second-order valence-electron chi connectivity index (χ2n) is 4.21. The number of aromatic nitrogens is 2. The molecule has 0 bridgehead atoms. The molecular formula is C14H16ClN3O. The van der Waals surface area contributed by atoms with Gasteiger partial charge in [-0.1, -0.05) is 23.7 Å². The Balaban J connectivity index is 2.11. The molecule has 1 heterocycles. The minimum atomic E-state index is -0.0962. The fraction of sp³-hybridized carbons (Fsp3) is 0.286. The third kappa shape index (κ3) is 3.66. The van der Waals surface area contributed by atoms with Gasteiger partial charge in [-0.05, 0) is 30.7 Å². The van der Waals surface area contributed by atoms with Crippen molar-refractivity contribution in [1.82, 2.24) is 9.97 Å². The predicted molar refractivity (Wildman–Crippen MR) is 76.3 cm³/mol. The second-order valence-corrected chi connectivity index (χ2v) is 4.65. The van der Waals surface area contributed by atoms with Crippen LogP contribution in [0.15, 0.2) is 42.7 Å². The van der Waals surface area contributed by atoms with Crippen molar-refractivity contribution >= 4 is 17.5 Å². The van der Waals surface area contributed by atoms with Crippen LogP contribution in [0.1, 0.15) is 18.6 Å². The van der Waals surface area contributed by atoms with Crippen LogP contribution in [0.25, 0.3) is 0 Å². The lowest BCUT2D eigenvalue weighted by Gasteiger charge is -2.24. The predicted octanol–water partition coefficient (Wildman–Crippen LogP) is 3.32. The van der Waals surface area contributed by atoms with E-state index in [0.717, 1.165) is 5.56 Å². The summed E-state index contributed by atoms with van der Waals surface area (Å²) in [5, 5.41) is 3.94. The van der Waals surface area contributed by atoms with Crippen molar-refractivity contribution in [3.63, 3.8) is 0 Å². The molecule has 1 N–H and O–H groups in total. The molecule has 2 aromatic rings. The standard InChI is InChI=1S/C14H16ClN3O/c1-10(18-14-16-8-3-9-17-14)13(19-2)11-4-6-12(15)7-5-11/h3-10,13H,1-2H3,(H,16,17,18). The van der Waals surface area contributed by atoms with Crippen molar-refractivity contribution in [3.8, 4) is 0 Å². The highest BCUT2D eigenvalue weighted by atomic mass is 35.5. The fourth-order valence-electron chi connectivity index (χ4n) is 1.93. The molecule has 2 unspecified atom stereocenters. The maximum absolute atomic E-state index is 5.89. The first-order chi connectivity index (χ1) is 9.20. The van der Waals surface area contributed by atoms with Crippen LogP contribution >= 0.6 is 11.6 Å². The van der Waals surface area contributed by atoms with Crippen LogP contribution in [0.4, 0.5) is 5.95 Å². The summed E-state index contributed by atoms with van der Waals surface area (Å²) in [5.74, 6) is 0.589. The zero-order valence-electron chi connectivity index (χ0n) is 10.9. The van der Waals surface area contributed by atoms with Crippen LogP contribution in [0.3, 0.4) is 0 Å². The van der Waals surface area contributed by atoms with E-state index in [1.807, 2.05) is 31.2 Å². The van der Waals surface area contributed by atoms with E-state index in [1.54, 1.807) is 25.6 Å². The van der Waals surface area contributed by atoms with Crippen LogP contribution in [-0.4, -0.2) is 23.1 Å². The number of hydrogen-bond donors (Lipinski definition) is 1. The second kappa shape index (κ2) is 6.50. The highest BCUT2D eigenvalue weighted by molar-refractivity contribution is 6.30. The Morgan fingerprint density at radius 1 is 1.16 bits per heavy atom. The summed E-state index contributed by atoms with van der Waals surface area (Å²) in [6.45, 7) is 2.03. The fourth-order valence-corrected chi connectivity index (χ4v) is 2.06. The molecule has 2 atom stereocenters. The Kier molecular flexibility index (Phi) is 4.71. The van der Waals surface area contributed by atoms with Gasteiger partial charge in [-0.25, -0.2) is 9.97 Å². The van der Waals surface area contributed by atoms with Gasteiger partial charge in [0.1, 0.15) is 6.10 Å². The van der Waals surface area contributed by atoms with Gasteiger partial charge in [0, 0.05) is 24.5 Å². The lowest BCUT2D eigenvalue weighted by Crippen LogP contribution is -2.26. The van der Waals surface area contributed by atoms with E-state index in [2.05, 4.69) is 15.3 Å². The Bertz CT molecular complexity index is 504. The van der Waals surface area contributed by atoms with Gasteiger partial charge in [-0.3, -0.25) is 0 Å². The first kappa shape index (κ1) is 13.8. The molecule has 5 heteroatoms. The molecule has 2 rings (SSSR count). The third-order valence-corrected chi connectivity index (χ3v) is 3.08. The van der Waals surface area contributed by atoms with E-state index < -0.39 is 0 Å². The van der Waals surface area contributed by atoms with Crippen LogP contribution in [0, 0.1) is 0 Å². The number of nitrogens with one attached hydrogen (secondary N) is 1. The summed E-state index contributed by atoms with van der Waals surface area (Å²) in [7, 11) is 1.68. The maximum Gasteiger partial charge on any atom is 0.222 e. The van der Waals surface area contributed by atoms with Crippen molar-refractivity contribution in [2.24, 2.45) is 0 Å². The Morgan fingerprint density at radius 2 is 1.79 bits per heavy atom. The molecule has 0 fully saturated rings. The van der Waals surface area contributed by atoms with Crippen molar-refractivity contribution in [2.75, 3.05) is 12.4 Å². The molecule has 0 aliphatic heterocycles. The van der Waals surface area contributed by atoms with Crippen LogP contribution in [0.2, 0.25) is 5.02 Å². The molecule has 0 aliphatic carbocycles. The van der Waals surface area contributed by atoms with E-state index >= 15 is 0 Å². The molecule has 0 aliphatic rings. The Hall–Kier alpha value is -1.65. The monoisotopic (exact) mass is 277 g/mol. The van der Waals surface area contributed by atoms with Crippen molar-refractivity contribution in [3.05, 3.63) is 53.3 Å². The molecule has 4 nitrogen and oxygen atoms in total. The first-order valence-corrected chi connectivity index (χ1v) is 6.40. The minimum absolute atomic E-state index is 0.0357. The normalized spacial score (nSPS) is 13.8.